The monoisotopic (exact) mass is 363 g/mol. The molecule has 0 spiro atoms. The first-order valence-corrected chi connectivity index (χ1v) is 8.26. The van der Waals surface area contributed by atoms with E-state index < -0.39 is 0 Å². The summed E-state index contributed by atoms with van der Waals surface area (Å²) in [5, 5.41) is 3.60. The second-order valence-corrected chi connectivity index (χ2v) is 6.41. The maximum Gasteiger partial charge on any atom is 0.147 e. The Morgan fingerprint density at radius 1 is 1.55 bits per heavy atom. The van der Waals surface area contributed by atoms with Crippen molar-refractivity contribution >= 4 is 27.5 Å². The van der Waals surface area contributed by atoms with Gasteiger partial charge in [-0.05, 0) is 47.8 Å². The van der Waals surface area contributed by atoms with Crippen LogP contribution in [0.4, 0.5) is 4.39 Å². The molecule has 1 aliphatic heterocycles. The first-order chi connectivity index (χ1) is 9.65. The van der Waals surface area contributed by atoms with Crippen molar-refractivity contribution in [3.8, 4) is 0 Å². The van der Waals surface area contributed by atoms with Crippen LogP contribution in [-0.4, -0.2) is 19.8 Å². The normalized spacial score (nSPS) is 20.9. The maximum absolute atomic E-state index is 14.5. The number of halogens is 3. The van der Waals surface area contributed by atoms with Gasteiger partial charge in [0.05, 0.1) is 11.6 Å². The molecule has 1 N–H and O–H groups in total. The van der Waals surface area contributed by atoms with Gasteiger partial charge in [-0.3, -0.25) is 0 Å². The first-order valence-electron chi connectivity index (χ1n) is 7.09. The van der Waals surface area contributed by atoms with Gasteiger partial charge >= 0.3 is 0 Å². The van der Waals surface area contributed by atoms with E-state index in [4.69, 9.17) is 16.3 Å². The van der Waals surface area contributed by atoms with Crippen LogP contribution in [-0.2, 0) is 4.74 Å². The van der Waals surface area contributed by atoms with Gasteiger partial charge in [-0.1, -0.05) is 24.6 Å². The van der Waals surface area contributed by atoms with E-state index in [0.29, 0.717) is 22.6 Å². The van der Waals surface area contributed by atoms with Gasteiger partial charge in [0.1, 0.15) is 5.82 Å². The van der Waals surface area contributed by atoms with E-state index in [9.17, 15) is 4.39 Å². The van der Waals surface area contributed by atoms with Crippen molar-refractivity contribution in [3.05, 3.63) is 33.0 Å². The Morgan fingerprint density at radius 3 is 3.00 bits per heavy atom. The smallest absolute Gasteiger partial charge is 0.147 e. The van der Waals surface area contributed by atoms with Crippen LogP contribution in [0.3, 0.4) is 0 Å². The van der Waals surface area contributed by atoms with Gasteiger partial charge in [0.2, 0.25) is 0 Å². The van der Waals surface area contributed by atoms with Crippen molar-refractivity contribution in [1.29, 1.82) is 0 Å². The molecule has 20 heavy (non-hydrogen) atoms. The van der Waals surface area contributed by atoms with Crippen LogP contribution >= 0.6 is 27.5 Å². The summed E-state index contributed by atoms with van der Waals surface area (Å²) < 4.78 is 20.6. The van der Waals surface area contributed by atoms with Gasteiger partial charge in [-0.2, -0.15) is 0 Å². The molecule has 1 aromatic rings. The van der Waals surface area contributed by atoms with Gasteiger partial charge in [0, 0.05) is 28.6 Å². The molecule has 1 aliphatic rings. The molecule has 0 amide bonds. The quantitative estimate of drug-likeness (QED) is 0.764. The first kappa shape index (κ1) is 16.2. The van der Waals surface area contributed by atoms with Crippen molar-refractivity contribution in [2.24, 2.45) is 5.92 Å². The zero-order valence-electron chi connectivity index (χ0n) is 11.6. The molecule has 5 heteroatoms. The lowest BCUT2D eigenvalue weighted by Crippen LogP contribution is -2.34. The molecule has 2 unspecified atom stereocenters. The molecule has 0 saturated carbocycles. The molecule has 1 aromatic carbocycles. The minimum atomic E-state index is -0.333. The van der Waals surface area contributed by atoms with Crippen molar-refractivity contribution in [2.75, 3.05) is 19.8 Å². The summed E-state index contributed by atoms with van der Waals surface area (Å²) in [6.07, 6.45) is 3.09. The lowest BCUT2D eigenvalue weighted by atomic mass is 9.88. The highest BCUT2D eigenvalue weighted by Gasteiger charge is 2.28. The van der Waals surface area contributed by atoms with E-state index in [1.54, 1.807) is 0 Å². The van der Waals surface area contributed by atoms with Gasteiger partial charge < -0.3 is 10.1 Å². The van der Waals surface area contributed by atoms with Crippen LogP contribution in [0.1, 0.15) is 37.8 Å². The zero-order chi connectivity index (χ0) is 14.5. The van der Waals surface area contributed by atoms with Crippen LogP contribution in [0.2, 0.25) is 5.02 Å². The summed E-state index contributed by atoms with van der Waals surface area (Å²) in [6.45, 7) is 4.44. The summed E-state index contributed by atoms with van der Waals surface area (Å²) >= 11 is 9.28. The van der Waals surface area contributed by atoms with E-state index in [-0.39, 0.29) is 16.9 Å². The standard InChI is InChI=1S/C15H20BrClFNO/c1-2-7-19-15(10-4-3-8-20-9-10)11-5-6-12(16)13(17)14(11)18/h5-6,10,15,19H,2-4,7-9H2,1H3. The topological polar surface area (TPSA) is 21.3 Å². The van der Waals surface area contributed by atoms with Crippen molar-refractivity contribution in [2.45, 2.75) is 32.2 Å². The Bertz CT molecular complexity index is 452. The SMILES string of the molecule is CCCNC(c1ccc(Br)c(Cl)c1F)C1CCCOC1. The van der Waals surface area contributed by atoms with Crippen LogP contribution in [0.15, 0.2) is 16.6 Å². The number of benzene rings is 1. The fourth-order valence-electron chi connectivity index (χ4n) is 2.64. The number of hydrogen-bond donors (Lipinski definition) is 1. The molecular weight excluding hydrogens is 345 g/mol. The Labute approximate surface area is 133 Å². The highest BCUT2D eigenvalue weighted by molar-refractivity contribution is 9.10. The highest BCUT2D eigenvalue weighted by Crippen LogP contribution is 2.35. The second kappa shape index (κ2) is 7.74. The van der Waals surface area contributed by atoms with Crippen molar-refractivity contribution < 1.29 is 9.13 Å². The third-order valence-corrected chi connectivity index (χ3v) is 4.94. The molecular formula is C15H20BrClFNO. The summed E-state index contributed by atoms with van der Waals surface area (Å²) in [4.78, 5) is 0. The fourth-order valence-corrected chi connectivity index (χ4v) is 3.12. The molecule has 112 valence electrons. The zero-order valence-corrected chi connectivity index (χ0v) is 13.9. The Morgan fingerprint density at radius 2 is 2.35 bits per heavy atom. The molecule has 0 aliphatic carbocycles. The molecule has 0 bridgehead atoms. The Kier molecular flexibility index (Phi) is 6.27. The second-order valence-electron chi connectivity index (χ2n) is 5.17. The van der Waals surface area contributed by atoms with Crippen LogP contribution < -0.4 is 5.32 Å². The summed E-state index contributed by atoms with van der Waals surface area (Å²) in [6, 6.07) is 3.58. The van der Waals surface area contributed by atoms with E-state index in [2.05, 4.69) is 28.2 Å². The van der Waals surface area contributed by atoms with Crippen LogP contribution in [0.5, 0.6) is 0 Å². The molecule has 2 nitrogen and oxygen atoms in total. The molecule has 0 aromatic heterocycles. The van der Waals surface area contributed by atoms with Gasteiger partial charge in [0.25, 0.3) is 0 Å². The molecule has 1 saturated heterocycles. The molecule has 1 fully saturated rings. The third-order valence-electron chi connectivity index (χ3n) is 3.68. The fraction of sp³-hybridized carbons (Fsp3) is 0.600. The largest absolute Gasteiger partial charge is 0.381 e. The average molecular weight is 365 g/mol. The number of hydrogen-bond acceptors (Lipinski definition) is 2. The van der Waals surface area contributed by atoms with E-state index in [1.807, 2.05) is 12.1 Å². The predicted molar refractivity (Wildman–Crippen MR) is 83.7 cm³/mol. The number of nitrogens with one attached hydrogen (secondary N) is 1. The molecule has 2 atom stereocenters. The summed E-state index contributed by atoms with van der Waals surface area (Å²) in [5.74, 6) is -0.0396. The molecule has 2 rings (SSSR count). The lowest BCUT2D eigenvalue weighted by molar-refractivity contribution is 0.0385. The molecule has 0 radical (unpaired) electrons. The highest BCUT2D eigenvalue weighted by atomic mass is 79.9. The Balaban J connectivity index is 2.27. The van der Waals surface area contributed by atoms with Gasteiger partial charge in [0.15, 0.2) is 0 Å². The van der Waals surface area contributed by atoms with Gasteiger partial charge in [-0.15, -0.1) is 0 Å². The van der Waals surface area contributed by atoms with Crippen LogP contribution in [0, 0.1) is 11.7 Å². The van der Waals surface area contributed by atoms with E-state index in [0.717, 1.165) is 32.4 Å². The van der Waals surface area contributed by atoms with Crippen molar-refractivity contribution in [1.82, 2.24) is 5.32 Å². The van der Waals surface area contributed by atoms with E-state index >= 15 is 0 Å². The van der Waals surface area contributed by atoms with E-state index in [1.165, 1.54) is 0 Å². The maximum atomic E-state index is 14.5. The molecule has 1 heterocycles. The summed E-state index contributed by atoms with van der Waals surface area (Å²) in [7, 11) is 0. The minimum absolute atomic E-state index is 0.0409. The van der Waals surface area contributed by atoms with Crippen molar-refractivity contribution in [3.63, 3.8) is 0 Å². The number of ether oxygens (including phenoxy) is 1. The lowest BCUT2D eigenvalue weighted by Gasteiger charge is -2.31. The predicted octanol–water partition coefficient (Wildman–Crippen LogP) is 4.71. The van der Waals surface area contributed by atoms with Crippen LogP contribution in [0.25, 0.3) is 0 Å². The minimum Gasteiger partial charge on any atom is -0.381 e. The third kappa shape index (κ3) is 3.73. The Hall–Kier alpha value is -0.160. The average Bonchev–Trinajstić information content (AvgIpc) is 2.48. The number of rotatable bonds is 5. The summed E-state index contributed by atoms with van der Waals surface area (Å²) in [5.41, 5.74) is 0.641. The van der Waals surface area contributed by atoms with Gasteiger partial charge in [-0.25, -0.2) is 4.39 Å².